The van der Waals surface area contributed by atoms with Crippen molar-refractivity contribution in [1.82, 2.24) is 5.32 Å². The molecule has 2 N–H and O–H groups in total. The Balaban J connectivity index is 2.43. The van der Waals surface area contributed by atoms with Crippen LogP contribution in [0.1, 0.15) is 38.2 Å². The quantitative estimate of drug-likeness (QED) is 0.879. The van der Waals surface area contributed by atoms with Crippen molar-refractivity contribution in [2.24, 2.45) is 0 Å². The summed E-state index contributed by atoms with van der Waals surface area (Å²) < 4.78 is 0. The molecule has 0 bridgehead atoms. The summed E-state index contributed by atoms with van der Waals surface area (Å²) in [5, 5.41) is 13.8. The fourth-order valence-electron chi connectivity index (χ4n) is 2.90. The molecule has 0 heterocycles. The lowest BCUT2D eigenvalue weighted by Gasteiger charge is -2.41. The van der Waals surface area contributed by atoms with E-state index in [1.165, 1.54) is 0 Å². The number of hydrogen-bond donors (Lipinski definition) is 2. The van der Waals surface area contributed by atoms with Gasteiger partial charge in [0, 0.05) is 7.05 Å². The smallest absolute Gasteiger partial charge is 0.230 e. The molecule has 0 unspecified atom stereocenters. The maximum absolute atomic E-state index is 12.4. The molecule has 0 atom stereocenters. The van der Waals surface area contributed by atoms with Crippen LogP contribution in [0.2, 0.25) is 10.0 Å². The van der Waals surface area contributed by atoms with Crippen LogP contribution in [0.3, 0.4) is 0 Å². The number of carbonyl (C=O) groups is 1. The summed E-state index contributed by atoms with van der Waals surface area (Å²) in [6, 6.07) is 5.33. The van der Waals surface area contributed by atoms with Gasteiger partial charge in [0.05, 0.1) is 21.1 Å². The van der Waals surface area contributed by atoms with Gasteiger partial charge in [-0.2, -0.15) is 0 Å². The molecule has 1 aromatic rings. The second-order valence-electron chi connectivity index (χ2n) is 5.79. The molecule has 1 amide bonds. The van der Waals surface area contributed by atoms with Crippen molar-refractivity contribution in [3.8, 4) is 0 Å². The Hall–Kier alpha value is -0.770. The Bertz CT molecular complexity index is 519. The second-order valence-corrected chi connectivity index (χ2v) is 6.60. The zero-order chi connectivity index (χ0) is 15.0. The van der Waals surface area contributed by atoms with E-state index in [1.54, 1.807) is 19.2 Å². The standard InChI is InChI=1S/C15H19Cl2NO2/c1-14(20)5-7-15(8-6-14,13(19)18-2)10-3-4-11(16)12(17)9-10/h3-4,9,20H,5-8H2,1-2H3,(H,18,19)/t14-,15-. The lowest BCUT2D eigenvalue weighted by molar-refractivity contribution is -0.129. The topological polar surface area (TPSA) is 49.3 Å². The zero-order valence-electron chi connectivity index (χ0n) is 11.7. The van der Waals surface area contributed by atoms with Gasteiger partial charge >= 0.3 is 0 Å². The second kappa shape index (κ2) is 5.55. The van der Waals surface area contributed by atoms with E-state index < -0.39 is 11.0 Å². The van der Waals surface area contributed by atoms with Gasteiger partial charge < -0.3 is 10.4 Å². The van der Waals surface area contributed by atoms with Gasteiger partial charge in [0.15, 0.2) is 0 Å². The number of benzene rings is 1. The summed E-state index contributed by atoms with van der Waals surface area (Å²) in [6.07, 6.45) is 2.36. The minimum Gasteiger partial charge on any atom is -0.390 e. The lowest BCUT2D eigenvalue weighted by Crippen LogP contribution is -2.48. The van der Waals surface area contributed by atoms with E-state index in [4.69, 9.17) is 23.2 Å². The van der Waals surface area contributed by atoms with Crippen LogP contribution >= 0.6 is 23.2 Å². The van der Waals surface area contributed by atoms with Crippen LogP contribution in [0.4, 0.5) is 0 Å². The Morgan fingerprint density at radius 1 is 1.20 bits per heavy atom. The normalized spacial score (nSPS) is 30.1. The summed E-state index contributed by atoms with van der Waals surface area (Å²) in [7, 11) is 1.63. The number of halogens is 2. The average molecular weight is 316 g/mol. The third-order valence-electron chi connectivity index (χ3n) is 4.31. The van der Waals surface area contributed by atoms with Gasteiger partial charge in [-0.05, 0) is 50.3 Å². The summed E-state index contributed by atoms with van der Waals surface area (Å²) in [5.41, 5.74) is -0.472. The number of aliphatic hydroxyl groups is 1. The average Bonchev–Trinajstić information content (AvgIpc) is 2.42. The number of nitrogens with one attached hydrogen (secondary N) is 1. The molecule has 1 saturated carbocycles. The van der Waals surface area contributed by atoms with Crippen molar-refractivity contribution in [3.63, 3.8) is 0 Å². The van der Waals surface area contributed by atoms with Gasteiger partial charge in [0.2, 0.25) is 5.91 Å². The number of carbonyl (C=O) groups excluding carboxylic acids is 1. The summed E-state index contributed by atoms with van der Waals surface area (Å²) in [6.45, 7) is 1.82. The van der Waals surface area contributed by atoms with Gasteiger partial charge in [0.25, 0.3) is 0 Å². The summed E-state index contributed by atoms with van der Waals surface area (Å²) in [5.74, 6) is -0.0358. The van der Waals surface area contributed by atoms with Crippen LogP contribution in [0.25, 0.3) is 0 Å². The van der Waals surface area contributed by atoms with Crippen molar-refractivity contribution in [2.75, 3.05) is 7.05 Å². The van der Waals surface area contributed by atoms with Crippen LogP contribution in [-0.4, -0.2) is 23.7 Å². The highest BCUT2D eigenvalue weighted by Crippen LogP contribution is 2.44. The van der Waals surface area contributed by atoms with E-state index in [-0.39, 0.29) is 5.91 Å². The Labute approximate surface area is 129 Å². The molecule has 5 heteroatoms. The summed E-state index contributed by atoms with van der Waals surface area (Å²) >= 11 is 12.0. The highest BCUT2D eigenvalue weighted by atomic mass is 35.5. The summed E-state index contributed by atoms with van der Waals surface area (Å²) in [4.78, 5) is 12.4. The van der Waals surface area contributed by atoms with E-state index >= 15 is 0 Å². The molecule has 0 saturated heterocycles. The minimum atomic E-state index is -0.701. The van der Waals surface area contributed by atoms with Crippen molar-refractivity contribution < 1.29 is 9.90 Å². The third kappa shape index (κ3) is 2.80. The molecule has 110 valence electrons. The number of likely N-dealkylation sites (N-methyl/N-ethyl adjacent to an activating group) is 1. The third-order valence-corrected chi connectivity index (χ3v) is 5.05. The Morgan fingerprint density at radius 3 is 2.30 bits per heavy atom. The van der Waals surface area contributed by atoms with E-state index in [1.807, 2.05) is 13.0 Å². The van der Waals surface area contributed by atoms with Crippen molar-refractivity contribution >= 4 is 29.1 Å². The first-order valence-corrected chi connectivity index (χ1v) is 7.46. The largest absolute Gasteiger partial charge is 0.390 e. The molecule has 1 fully saturated rings. The van der Waals surface area contributed by atoms with E-state index in [0.717, 1.165) is 5.56 Å². The predicted molar refractivity (Wildman–Crippen MR) is 81.3 cm³/mol. The molecule has 20 heavy (non-hydrogen) atoms. The van der Waals surface area contributed by atoms with Crippen LogP contribution in [0.5, 0.6) is 0 Å². The van der Waals surface area contributed by atoms with Crippen LogP contribution < -0.4 is 5.32 Å². The lowest BCUT2D eigenvalue weighted by atomic mass is 9.65. The molecule has 3 nitrogen and oxygen atoms in total. The highest BCUT2D eigenvalue weighted by Gasteiger charge is 2.45. The highest BCUT2D eigenvalue weighted by molar-refractivity contribution is 6.42. The molecule has 1 aliphatic rings. The van der Waals surface area contributed by atoms with E-state index in [2.05, 4.69) is 5.32 Å². The monoisotopic (exact) mass is 315 g/mol. The van der Waals surface area contributed by atoms with E-state index in [9.17, 15) is 9.90 Å². The van der Waals surface area contributed by atoms with Gasteiger partial charge in [0.1, 0.15) is 0 Å². The molecule has 2 rings (SSSR count). The van der Waals surface area contributed by atoms with Crippen molar-refractivity contribution in [2.45, 2.75) is 43.6 Å². The fraction of sp³-hybridized carbons (Fsp3) is 0.533. The number of rotatable bonds is 2. The van der Waals surface area contributed by atoms with Gasteiger partial charge in [-0.3, -0.25) is 4.79 Å². The molecule has 1 aliphatic carbocycles. The molecule has 0 aromatic heterocycles. The first-order valence-electron chi connectivity index (χ1n) is 6.71. The Kier molecular flexibility index (Phi) is 4.33. The van der Waals surface area contributed by atoms with Crippen molar-refractivity contribution in [1.29, 1.82) is 0 Å². The fourth-order valence-corrected chi connectivity index (χ4v) is 3.19. The van der Waals surface area contributed by atoms with Crippen LogP contribution in [-0.2, 0) is 10.2 Å². The number of hydrogen-bond acceptors (Lipinski definition) is 2. The van der Waals surface area contributed by atoms with Crippen LogP contribution in [0.15, 0.2) is 18.2 Å². The van der Waals surface area contributed by atoms with Gasteiger partial charge in [-0.1, -0.05) is 29.3 Å². The molecular weight excluding hydrogens is 297 g/mol. The number of amides is 1. The molecule has 1 aromatic carbocycles. The maximum atomic E-state index is 12.4. The molecular formula is C15H19Cl2NO2. The van der Waals surface area contributed by atoms with Crippen LogP contribution in [0, 0.1) is 0 Å². The minimum absolute atomic E-state index is 0.0358. The molecule has 0 spiro atoms. The molecule has 0 radical (unpaired) electrons. The predicted octanol–water partition coefficient (Wildman–Crippen LogP) is 3.30. The maximum Gasteiger partial charge on any atom is 0.230 e. The van der Waals surface area contributed by atoms with Crippen molar-refractivity contribution in [3.05, 3.63) is 33.8 Å². The van der Waals surface area contributed by atoms with Gasteiger partial charge in [-0.25, -0.2) is 0 Å². The first-order chi connectivity index (χ1) is 9.31. The molecule has 0 aliphatic heterocycles. The first kappa shape index (κ1) is 15.6. The Morgan fingerprint density at radius 2 is 1.80 bits per heavy atom. The van der Waals surface area contributed by atoms with E-state index in [0.29, 0.717) is 35.7 Å². The van der Waals surface area contributed by atoms with Gasteiger partial charge in [-0.15, -0.1) is 0 Å². The zero-order valence-corrected chi connectivity index (χ0v) is 13.2. The SMILES string of the molecule is CNC(=O)[C@]1(c2ccc(Cl)c(Cl)c2)CC[C@@](C)(O)CC1.